The summed E-state index contributed by atoms with van der Waals surface area (Å²) >= 11 is 0. The summed E-state index contributed by atoms with van der Waals surface area (Å²) < 4.78 is 4.98. The van der Waals surface area contributed by atoms with Gasteiger partial charge in [-0.1, -0.05) is 72.8 Å². The van der Waals surface area contributed by atoms with E-state index in [9.17, 15) is 14.7 Å². The van der Waals surface area contributed by atoms with Crippen LogP contribution in [0.5, 0.6) is 0 Å². The number of methoxy groups -OCH3 is 1. The highest BCUT2D eigenvalue weighted by Gasteiger charge is 2.54. The van der Waals surface area contributed by atoms with E-state index in [4.69, 9.17) is 4.74 Å². The SMILES string of the molecule is COC(=O)N1C2C=CC1C(C(O)c1ccccc1)C(=O)C2c1ccccc1. The molecular formula is C22H21NO4. The number of aliphatic hydroxyl groups is 1. The summed E-state index contributed by atoms with van der Waals surface area (Å²) in [4.78, 5) is 27.5. The summed E-state index contributed by atoms with van der Waals surface area (Å²) in [5.74, 6) is -1.35. The molecule has 2 aliphatic rings. The highest BCUT2D eigenvalue weighted by molar-refractivity contribution is 5.94. The second-order valence-corrected chi connectivity index (χ2v) is 6.92. The van der Waals surface area contributed by atoms with Gasteiger partial charge in [0.1, 0.15) is 0 Å². The number of carbonyl (C=O) groups excluding carboxylic acids is 2. The summed E-state index contributed by atoms with van der Waals surface area (Å²) in [6.45, 7) is 0. The van der Waals surface area contributed by atoms with Gasteiger partial charge in [-0.15, -0.1) is 0 Å². The van der Waals surface area contributed by atoms with E-state index in [2.05, 4.69) is 0 Å². The minimum atomic E-state index is -1.01. The molecule has 4 rings (SSSR count). The van der Waals surface area contributed by atoms with Crippen molar-refractivity contribution in [1.29, 1.82) is 0 Å². The first kappa shape index (κ1) is 17.5. The van der Waals surface area contributed by atoms with Crippen LogP contribution in [0.4, 0.5) is 4.79 Å². The van der Waals surface area contributed by atoms with E-state index in [0.717, 1.165) is 5.56 Å². The zero-order valence-corrected chi connectivity index (χ0v) is 14.9. The van der Waals surface area contributed by atoms with Gasteiger partial charge in [0.2, 0.25) is 0 Å². The average molecular weight is 363 g/mol. The van der Waals surface area contributed by atoms with Crippen LogP contribution in [0.3, 0.4) is 0 Å². The van der Waals surface area contributed by atoms with Crippen LogP contribution in [0.15, 0.2) is 72.8 Å². The van der Waals surface area contributed by atoms with E-state index in [-0.39, 0.29) is 5.78 Å². The Bertz CT molecular complexity index is 864. The summed E-state index contributed by atoms with van der Waals surface area (Å²) in [6.07, 6.45) is 2.23. The Hall–Kier alpha value is -2.92. The zero-order valence-electron chi connectivity index (χ0n) is 14.9. The van der Waals surface area contributed by atoms with Crippen LogP contribution in [-0.4, -0.2) is 41.1 Å². The number of ketones is 1. The Balaban J connectivity index is 1.79. The number of fused-ring (bicyclic) bond motifs is 2. The Kier molecular flexibility index (Phi) is 4.54. The second kappa shape index (κ2) is 7.00. The summed E-state index contributed by atoms with van der Waals surface area (Å²) in [5.41, 5.74) is 1.49. The van der Waals surface area contributed by atoms with Crippen LogP contribution >= 0.6 is 0 Å². The lowest BCUT2D eigenvalue weighted by Crippen LogP contribution is -2.57. The van der Waals surface area contributed by atoms with Gasteiger partial charge in [0, 0.05) is 0 Å². The number of benzene rings is 2. The summed E-state index contributed by atoms with van der Waals surface area (Å²) in [6, 6.07) is 17.6. The number of hydrogen-bond donors (Lipinski definition) is 1. The molecule has 1 fully saturated rings. The van der Waals surface area contributed by atoms with E-state index >= 15 is 0 Å². The average Bonchev–Trinajstić information content (AvgIpc) is 3.06. The number of nitrogens with zero attached hydrogens (tertiary/aromatic N) is 1. The van der Waals surface area contributed by atoms with E-state index in [1.165, 1.54) is 7.11 Å². The van der Waals surface area contributed by atoms with E-state index in [1.807, 2.05) is 60.7 Å². The molecule has 138 valence electrons. The molecule has 0 aliphatic carbocycles. The molecule has 2 heterocycles. The number of rotatable bonds is 3. The van der Waals surface area contributed by atoms with Crippen LogP contribution in [0.2, 0.25) is 0 Å². The maximum absolute atomic E-state index is 13.5. The van der Waals surface area contributed by atoms with E-state index < -0.39 is 36.1 Å². The molecule has 0 spiro atoms. The first-order chi connectivity index (χ1) is 13.1. The largest absolute Gasteiger partial charge is 0.453 e. The third-order valence-electron chi connectivity index (χ3n) is 5.52. The van der Waals surface area contributed by atoms with Gasteiger partial charge < -0.3 is 9.84 Å². The van der Waals surface area contributed by atoms with Gasteiger partial charge in [0.15, 0.2) is 5.78 Å². The molecule has 5 nitrogen and oxygen atoms in total. The zero-order chi connectivity index (χ0) is 19.0. The van der Waals surface area contributed by atoms with Crippen LogP contribution in [0.25, 0.3) is 0 Å². The maximum Gasteiger partial charge on any atom is 0.410 e. The molecule has 0 saturated carbocycles. The van der Waals surface area contributed by atoms with Crippen LogP contribution in [0, 0.1) is 5.92 Å². The van der Waals surface area contributed by atoms with Gasteiger partial charge >= 0.3 is 6.09 Å². The van der Waals surface area contributed by atoms with Gasteiger partial charge in [-0.25, -0.2) is 4.79 Å². The molecule has 5 atom stereocenters. The van der Waals surface area contributed by atoms with Crippen molar-refractivity contribution in [3.63, 3.8) is 0 Å². The predicted molar refractivity (Wildman–Crippen MR) is 100 cm³/mol. The lowest BCUT2D eigenvalue weighted by atomic mass is 9.74. The second-order valence-electron chi connectivity index (χ2n) is 6.92. The molecular weight excluding hydrogens is 342 g/mol. The van der Waals surface area contributed by atoms with Crippen LogP contribution < -0.4 is 0 Å². The number of Topliss-reactive ketones (excluding diaryl/α,β-unsaturated/α-hetero) is 1. The standard InChI is InChI=1S/C22H21NO4/c1-27-22(26)23-16-12-13-17(23)19(20(24)15-10-6-3-7-11-15)21(25)18(16)14-8-4-2-5-9-14/h2-13,16-20,24H,1H3. The first-order valence-corrected chi connectivity index (χ1v) is 8.99. The topological polar surface area (TPSA) is 66.8 Å². The smallest absolute Gasteiger partial charge is 0.410 e. The lowest BCUT2D eigenvalue weighted by Gasteiger charge is -2.44. The predicted octanol–water partition coefficient (Wildman–Crippen LogP) is 3.08. The van der Waals surface area contributed by atoms with Gasteiger partial charge in [0.05, 0.1) is 37.1 Å². The number of amides is 1. The molecule has 2 aliphatic heterocycles. The molecule has 27 heavy (non-hydrogen) atoms. The summed E-state index contributed by atoms with van der Waals surface area (Å²) in [7, 11) is 1.33. The van der Waals surface area contributed by atoms with Crippen molar-refractivity contribution in [1.82, 2.24) is 4.90 Å². The van der Waals surface area contributed by atoms with Crippen LogP contribution in [0.1, 0.15) is 23.1 Å². The number of piperidine rings is 1. The van der Waals surface area contributed by atoms with Gasteiger partial charge in [-0.2, -0.15) is 0 Å². The van der Waals surface area contributed by atoms with Crippen molar-refractivity contribution in [2.24, 2.45) is 5.92 Å². The van der Waals surface area contributed by atoms with Crippen molar-refractivity contribution < 1.29 is 19.4 Å². The molecule has 2 aromatic carbocycles. The van der Waals surface area contributed by atoms with Crippen molar-refractivity contribution in [2.75, 3.05) is 7.11 Å². The van der Waals surface area contributed by atoms with E-state index in [0.29, 0.717) is 5.56 Å². The van der Waals surface area contributed by atoms with Crippen molar-refractivity contribution in [3.05, 3.63) is 83.9 Å². The molecule has 5 heteroatoms. The van der Waals surface area contributed by atoms with E-state index in [1.54, 1.807) is 17.0 Å². The molecule has 0 radical (unpaired) electrons. The quantitative estimate of drug-likeness (QED) is 0.851. The normalized spacial score (nSPS) is 27.5. The monoisotopic (exact) mass is 363 g/mol. The fourth-order valence-corrected chi connectivity index (χ4v) is 4.29. The Morgan fingerprint density at radius 2 is 1.59 bits per heavy atom. The molecule has 0 aromatic heterocycles. The number of ether oxygens (including phenoxy) is 1. The van der Waals surface area contributed by atoms with Crippen LogP contribution in [-0.2, 0) is 9.53 Å². The van der Waals surface area contributed by atoms with Crippen molar-refractivity contribution >= 4 is 11.9 Å². The fraction of sp³-hybridized carbons (Fsp3) is 0.273. The van der Waals surface area contributed by atoms with Gasteiger partial charge in [-0.05, 0) is 11.1 Å². The van der Waals surface area contributed by atoms with Crippen molar-refractivity contribution in [2.45, 2.75) is 24.1 Å². The number of aliphatic hydroxyl groups excluding tert-OH is 1. The Labute approximate surface area is 157 Å². The highest BCUT2D eigenvalue weighted by atomic mass is 16.5. The molecule has 1 saturated heterocycles. The Morgan fingerprint density at radius 1 is 1.00 bits per heavy atom. The maximum atomic E-state index is 13.5. The van der Waals surface area contributed by atoms with Gasteiger partial charge in [-0.3, -0.25) is 9.69 Å². The number of carbonyl (C=O) groups is 2. The Morgan fingerprint density at radius 3 is 2.22 bits per heavy atom. The lowest BCUT2D eigenvalue weighted by molar-refractivity contribution is -0.135. The molecule has 2 bridgehead atoms. The molecule has 1 N–H and O–H groups in total. The fourth-order valence-electron chi connectivity index (χ4n) is 4.29. The molecule has 1 amide bonds. The molecule has 5 unspecified atom stereocenters. The third kappa shape index (κ3) is 2.84. The highest BCUT2D eigenvalue weighted by Crippen LogP contribution is 2.45. The van der Waals surface area contributed by atoms with Gasteiger partial charge in [0.25, 0.3) is 0 Å². The third-order valence-corrected chi connectivity index (χ3v) is 5.52. The first-order valence-electron chi connectivity index (χ1n) is 8.99. The minimum absolute atomic E-state index is 0.0577. The van der Waals surface area contributed by atoms with Crippen molar-refractivity contribution in [3.8, 4) is 0 Å². The molecule has 2 aromatic rings. The summed E-state index contributed by atoms with van der Waals surface area (Å²) in [5, 5.41) is 11.0. The number of hydrogen-bond acceptors (Lipinski definition) is 4. The minimum Gasteiger partial charge on any atom is -0.453 e.